The van der Waals surface area contributed by atoms with Crippen molar-refractivity contribution in [3.8, 4) is 0 Å². The molecule has 0 aromatic carbocycles. The molecule has 0 unspecified atom stereocenters. The van der Waals surface area contributed by atoms with E-state index in [2.05, 4.69) is 10.2 Å². The van der Waals surface area contributed by atoms with Gasteiger partial charge in [0.2, 0.25) is 0 Å². The number of hydrogen-bond donors (Lipinski definition) is 1. The van der Waals surface area contributed by atoms with Crippen LogP contribution in [0.2, 0.25) is 0 Å². The molecule has 7 nitrogen and oxygen atoms in total. The highest BCUT2D eigenvalue weighted by Crippen LogP contribution is 2.21. The average molecular weight is 326 g/mol. The summed E-state index contributed by atoms with van der Waals surface area (Å²) in [6, 6.07) is 0. The molecule has 0 spiro atoms. The van der Waals surface area contributed by atoms with Gasteiger partial charge in [-0.25, -0.2) is 8.42 Å². The highest BCUT2D eigenvalue weighted by atomic mass is 35.5. The second kappa shape index (κ2) is 7.94. The first-order valence-electron chi connectivity index (χ1n) is 6.06. The number of H-pyrrole nitrogens is 1. The molecule has 0 atom stereocenters. The first-order chi connectivity index (χ1) is 9.48. The smallest absolute Gasteiger partial charge is 0.262 e. The predicted molar refractivity (Wildman–Crippen MR) is 75.4 cm³/mol. The third kappa shape index (κ3) is 3.92. The van der Waals surface area contributed by atoms with Crippen LogP contribution >= 0.6 is 11.6 Å². The second-order valence-electron chi connectivity index (χ2n) is 4.16. The predicted octanol–water partition coefficient (Wildman–Crippen LogP) is 0.740. The van der Waals surface area contributed by atoms with Gasteiger partial charge in [0.05, 0.1) is 19.1 Å². The molecular weight excluding hydrogens is 306 g/mol. The van der Waals surface area contributed by atoms with Crippen molar-refractivity contribution >= 4 is 21.6 Å². The van der Waals surface area contributed by atoms with Crippen molar-refractivity contribution in [2.75, 3.05) is 40.5 Å². The quantitative estimate of drug-likeness (QED) is 0.677. The molecule has 0 aliphatic heterocycles. The topological polar surface area (TPSA) is 84.5 Å². The average Bonchev–Trinajstić information content (AvgIpc) is 2.80. The van der Waals surface area contributed by atoms with E-state index in [1.165, 1.54) is 18.5 Å². The third-order valence-electron chi connectivity index (χ3n) is 2.84. The molecule has 9 heteroatoms. The fourth-order valence-electron chi connectivity index (χ4n) is 1.66. The van der Waals surface area contributed by atoms with Crippen LogP contribution in [0.3, 0.4) is 0 Å². The van der Waals surface area contributed by atoms with Gasteiger partial charge in [-0.05, 0) is 6.92 Å². The number of alkyl halides is 1. The van der Waals surface area contributed by atoms with Crippen molar-refractivity contribution < 1.29 is 17.9 Å². The second-order valence-corrected chi connectivity index (χ2v) is 6.28. The minimum Gasteiger partial charge on any atom is -0.383 e. The maximum atomic E-state index is 12.6. The Morgan fingerprint density at radius 1 is 1.25 bits per heavy atom. The SMILES string of the molecule is COCCN(CCOC)S(=O)(=O)c1n[nH]c(C)c1CCl. The Labute approximate surface area is 124 Å². The van der Waals surface area contributed by atoms with Crippen LogP contribution in [0.1, 0.15) is 11.3 Å². The zero-order valence-electron chi connectivity index (χ0n) is 11.8. The Morgan fingerprint density at radius 3 is 2.25 bits per heavy atom. The monoisotopic (exact) mass is 325 g/mol. The molecular formula is C11H20ClN3O4S. The molecule has 1 rings (SSSR count). The Hall–Kier alpha value is -0.670. The molecule has 116 valence electrons. The van der Waals surface area contributed by atoms with Crippen LogP contribution in [0.5, 0.6) is 0 Å². The Balaban J connectivity index is 3.07. The molecule has 0 bridgehead atoms. The molecule has 1 aromatic heterocycles. The largest absolute Gasteiger partial charge is 0.383 e. The number of nitrogens with zero attached hydrogens (tertiary/aromatic N) is 2. The van der Waals surface area contributed by atoms with E-state index in [1.54, 1.807) is 6.92 Å². The van der Waals surface area contributed by atoms with E-state index in [0.717, 1.165) is 0 Å². The van der Waals surface area contributed by atoms with Crippen molar-refractivity contribution in [1.29, 1.82) is 0 Å². The first kappa shape index (κ1) is 17.4. The first-order valence-corrected chi connectivity index (χ1v) is 8.04. The number of rotatable bonds is 9. The van der Waals surface area contributed by atoms with E-state index in [4.69, 9.17) is 21.1 Å². The highest BCUT2D eigenvalue weighted by Gasteiger charge is 2.29. The molecule has 0 radical (unpaired) electrons. The summed E-state index contributed by atoms with van der Waals surface area (Å²) in [6.07, 6.45) is 0. The third-order valence-corrected chi connectivity index (χ3v) is 4.98. The van der Waals surface area contributed by atoms with Gasteiger partial charge in [-0.3, -0.25) is 5.10 Å². The lowest BCUT2D eigenvalue weighted by atomic mass is 10.3. The van der Waals surface area contributed by atoms with Crippen LogP contribution in [0.25, 0.3) is 0 Å². The van der Waals surface area contributed by atoms with Gasteiger partial charge in [-0.1, -0.05) is 0 Å². The molecule has 0 saturated carbocycles. The Morgan fingerprint density at radius 2 is 1.80 bits per heavy atom. The fraction of sp³-hybridized carbons (Fsp3) is 0.727. The molecule has 0 fully saturated rings. The van der Waals surface area contributed by atoms with E-state index < -0.39 is 10.0 Å². The summed E-state index contributed by atoms with van der Waals surface area (Å²) in [7, 11) is -0.685. The zero-order chi connectivity index (χ0) is 15.2. The number of sulfonamides is 1. The summed E-state index contributed by atoms with van der Waals surface area (Å²) in [5.41, 5.74) is 1.14. The maximum Gasteiger partial charge on any atom is 0.262 e. The summed E-state index contributed by atoms with van der Waals surface area (Å²) >= 11 is 5.81. The van der Waals surface area contributed by atoms with Crippen LogP contribution in [0, 0.1) is 6.92 Å². The molecule has 1 aromatic rings. The molecule has 1 heterocycles. The van der Waals surface area contributed by atoms with E-state index in [9.17, 15) is 8.42 Å². The van der Waals surface area contributed by atoms with Gasteiger partial charge in [0.1, 0.15) is 0 Å². The lowest BCUT2D eigenvalue weighted by Crippen LogP contribution is -2.37. The number of aromatic amines is 1. The molecule has 0 amide bonds. The van der Waals surface area contributed by atoms with Gasteiger partial charge in [-0.2, -0.15) is 9.40 Å². The summed E-state index contributed by atoms with van der Waals surface area (Å²) in [4.78, 5) is 0. The number of aryl methyl sites for hydroxylation is 1. The van der Waals surface area contributed by atoms with E-state index in [1.807, 2.05) is 0 Å². The lowest BCUT2D eigenvalue weighted by molar-refractivity contribution is 0.150. The van der Waals surface area contributed by atoms with Gasteiger partial charge < -0.3 is 9.47 Å². The highest BCUT2D eigenvalue weighted by molar-refractivity contribution is 7.89. The summed E-state index contributed by atoms with van der Waals surface area (Å²) in [5, 5.41) is 6.50. The van der Waals surface area contributed by atoms with Crippen LogP contribution < -0.4 is 0 Å². The number of halogens is 1. The summed E-state index contributed by atoms with van der Waals surface area (Å²) in [6.45, 7) is 2.79. The van der Waals surface area contributed by atoms with Crippen molar-refractivity contribution in [3.63, 3.8) is 0 Å². The van der Waals surface area contributed by atoms with Crippen LogP contribution in [-0.2, 0) is 25.4 Å². The number of hydrogen-bond acceptors (Lipinski definition) is 5. The van der Waals surface area contributed by atoms with Crippen molar-refractivity contribution in [2.45, 2.75) is 17.8 Å². The minimum absolute atomic E-state index is 0.0304. The Bertz CT molecular complexity index is 510. The molecule has 1 N–H and O–H groups in total. The number of ether oxygens (including phenoxy) is 2. The minimum atomic E-state index is -3.72. The van der Waals surface area contributed by atoms with Crippen LogP contribution in [0.15, 0.2) is 5.03 Å². The zero-order valence-corrected chi connectivity index (χ0v) is 13.4. The molecule has 0 aliphatic rings. The van der Waals surface area contributed by atoms with Crippen LogP contribution in [-0.4, -0.2) is 63.4 Å². The fourth-order valence-corrected chi connectivity index (χ4v) is 3.64. The van der Waals surface area contributed by atoms with Gasteiger partial charge in [-0.15, -0.1) is 11.6 Å². The van der Waals surface area contributed by atoms with Crippen molar-refractivity contribution in [1.82, 2.24) is 14.5 Å². The van der Waals surface area contributed by atoms with Crippen molar-refractivity contribution in [2.24, 2.45) is 0 Å². The van der Waals surface area contributed by atoms with Gasteiger partial charge >= 0.3 is 0 Å². The van der Waals surface area contributed by atoms with Gasteiger partial charge in [0.25, 0.3) is 10.0 Å². The standard InChI is InChI=1S/C11H20ClN3O4S/c1-9-10(8-12)11(14-13-9)20(16,17)15(4-6-18-2)5-7-19-3/h4-8H2,1-3H3,(H,13,14). The van der Waals surface area contributed by atoms with E-state index >= 15 is 0 Å². The van der Waals surface area contributed by atoms with Gasteiger partial charge in [0.15, 0.2) is 5.03 Å². The Kier molecular flexibility index (Phi) is 6.90. The number of methoxy groups -OCH3 is 2. The molecule has 0 aliphatic carbocycles. The normalized spacial score (nSPS) is 12.2. The number of aromatic nitrogens is 2. The van der Waals surface area contributed by atoms with Gasteiger partial charge in [0, 0.05) is 38.6 Å². The van der Waals surface area contributed by atoms with Crippen LogP contribution in [0.4, 0.5) is 0 Å². The lowest BCUT2D eigenvalue weighted by Gasteiger charge is -2.20. The molecule has 20 heavy (non-hydrogen) atoms. The maximum absolute atomic E-state index is 12.6. The van der Waals surface area contributed by atoms with Crippen molar-refractivity contribution in [3.05, 3.63) is 11.3 Å². The summed E-state index contributed by atoms with van der Waals surface area (Å²) in [5.74, 6) is 0.0826. The van der Waals surface area contributed by atoms with E-state index in [0.29, 0.717) is 24.5 Å². The number of nitrogens with one attached hydrogen (secondary N) is 1. The molecule has 0 saturated heterocycles. The summed E-state index contributed by atoms with van der Waals surface area (Å²) < 4.78 is 36.4. The van der Waals surface area contributed by atoms with E-state index in [-0.39, 0.29) is 24.0 Å².